The number of aliphatic imine (C=N–C) groups is 1. The van der Waals surface area contributed by atoms with Gasteiger partial charge in [-0.2, -0.15) is 0 Å². The third-order valence-corrected chi connectivity index (χ3v) is 7.92. The summed E-state index contributed by atoms with van der Waals surface area (Å²) in [5.74, 6) is 1.41. The molecule has 1 heterocycles. The van der Waals surface area contributed by atoms with E-state index in [1.807, 2.05) is 18.2 Å². The number of hydrogen-bond donors (Lipinski definition) is 1. The zero-order valence-electron chi connectivity index (χ0n) is 21.6. The van der Waals surface area contributed by atoms with E-state index in [-0.39, 0.29) is 18.2 Å². The minimum Gasteiger partial charge on any atom is -0.497 e. The average Bonchev–Trinajstić information content (AvgIpc) is 2.94. The quantitative estimate of drug-likeness (QED) is 0.319. The summed E-state index contributed by atoms with van der Waals surface area (Å²) in [5.41, 5.74) is 2.09. The fourth-order valence-electron chi connectivity index (χ4n) is 3.90. The normalized spacial score (nSPS) is 16.2. The highest BCUT2D eigenvalue weighted by Gasteiger charge is 2.36. The van der Waals surface area contributed by atoms with Crippen molar-refractivity contribution in [3.8, 4) is 17.2 Å². The molecule has 0 saturated carbocycles. The summed E-state index contributed by atoms with van der Waals surface area (Å²) in [4.78, 5) is 32.8. The highest BCUT2D eigenvalue weighted by molar-refractivity contribution is 8.15. The van der Waals surface area contributed by atoms with E-state index in [2.05, 4.69) is 5.32 Å². The lowest BCUT2D eigenvalue weighted by Gasteiger charge is -2.32. The van der Waals surface area contributed by atoms with Gasteiger partial charge in [-0.25, -0.2) is 4.99 Å². The van der Waals surface area contributed by atoms with E-state index in [0.29, 0.717) is 56.8 Å². The monoisotopic (exact) mass is 587 g/mol. The number of amidine groups is 1. The second-order valence-corrected chi connectivity index (χ2v) is 10.5. The number of amides is 2. The van der Waals surface area contributed by atoms with Gasteiger partial charge in [0.2, 0.25) is 11.8 Å². The number of rotatable bonds is 9. The number of nitrogens with one attached hydrogen (secondary N) is 1. The molecule has 1 N–H and O–H groups in total. The van der Waals surface area contributed by atoms with Gasteiger partial charge in [-0.1, -0.05) is 41.0 Å². The Hall–Kier alpha value is -3.40. The molecule has 11 heteroatoms. The molecule has 8 nitrogen and oxygen atoms in total. The molecule has 1 fully saturated rings. The summed E-state index contributed by atoms with van der Waals surface area (Å²) in [5, 5.41) is 3.29. The second kappa shape index (κ2) is 13.1. The summed E-state index contributed by atoms with van der Waals surface area (Å²) in [6.07, 6.45) is 0.569. The third-order valence-electron chi connectivity index (χ3n) is 5.99. The minimum atomic E-state index is -0.679. The summed E-state index contributed by atoms with van der Waals surface area (Å²) >= 11 is 13.3. The summed E-state index contributed by atoms with van der Waals surface area (Å²) in [6, 6.07) is 17.6. The Balaban J connectivity index is 1.56. The van der Waals surface area contributed by atoms with Crippen LogP contribution in [-0.4, -0.2) is 55.0 Å². The van der Waals surface area contributed by atoms with Crippen LogP contribution in [0.15, 0.2) is 65.7 Å². The molecule has 1 saturated heterocycles. The number of methoxy groups -OCH3 is 3. The van der Waals surface area contributed by atoms with Gasteiger partial charge in [0.05, 0.1) is 37.1 Å². The van der Waals surface area contributed by atoms with Crippen molar-refractivity contribution in [1.29, 1.82) is 0 Å². The van der Waals surface area contributed by atoms with E-state index in [9.17, 15) is 9.59 Å². The maximum Gasteiger partial charge on any atom is 0.238 e. The Morgan fingerprint density at radius 1 is 0.974 bits per heavy atom. The zero-order valence-corrected chi connectivity index (χ0v) is 23.9. The molecule has 0 unspecified atom stereocenters. The molecule has 1 aliphatic heterocycles. The first-order valence-corrected chi connectivity index (χ1v) is 13.6. The van der Waals surface area contributed by atoms with Gasteiger partial charge < -0.3 is 19.5 Å². The van der Waals surface area contributed by atoms with Crippen molar-refractivity contribution in [2.75, 3.05) is 33.2 Å². The number of thioether (sulfide) groups is 1. The van der Waals surface area contributed by atoms with Gasteiger partial charge in [0, 0.05) is 18.7 Å². The van der Waals surface area contributed by atoms with Crippen LogP contribution < -0.4 is 19.5 Å². The van der Waals surface area contributed by atoms with Gasteiger partial charge in [0.1, 0.15) is 11.0 Å². The fraction of sp³-hybridized carbons (Fsp3) is 0.250. The lowest BCUT2D eigenvalue weighted by atomic mass is 10.1. The van der Waals surface area contributed by atoms with Crippen molar-refractivity contribution in [3.63, 3.8) is 0 Å². The van der Waals surface area contributed by atoms with E-state index >= 15 is 0 Å². The van der Waals surface area contributed by atoms with Gasteiger partial charge in [-0.3, -0.25) is 14.5 Å². The number of anilines is 1. The highest BCUT2D eigenvalue weighted by atomic mass is 35.5. The van der Waals surface area contributed by atoms with Crippen LogP contribution in [0.2, 0.25) is 10.0 Å². The molecule has 4 rings (SSSR count). The summed E-state index contributed by atoms with van der Waals surface area (Å²) < 4.78 is 16.0. The molecule has 0 radical (unpaired) electrons. The number of halogens is 2. The van der Waals surface area contributed by atoms with Crippen molar-refractivity contribution >= 4 is 63.3 Å². The van der Waals surface area contributed by atoms with Crippen LogP contribution in [0, 0.1) is 0 Å². The summed E-state index contributed by atoms with van der Waals surface area (Å²) in [6.45, 7) is 0.372. The van der Waals surface area contributed by atoms with Gasteiger partial charge in [-0.15, -0.1) is 0 Å². The standard InChI is InChI=1S/C28H27Cl2N3O5S/c1-36-20-8-5-18(6-9-20)32-28-33(13-12-17-4-11-23(37-2)24(14-17)38-3)26(34)16-25(39-28)27(35)31-19-7-10-21(29)22(30)15-19/h4-11,14-15,25H,12-13,16H2,1-3H3,(H,31,35)/t25-/m1/s1. The van der Waals surface area contributed by atoms with Gasteiger partial charge in [0.25, 0.3) is 0 Å². The van der Waals surface area contributed by atoms with E-state index in [0.717, 1.165) is 5.56 Å². The maximum absolute atomic E-state index is 13.4. The molecule has 2 amide bonds. The molecular formula is C28H27Cl2N3O5S. The van der Waals surface area contributed by atoms with Crippen LogP contribution in [0.5, 0.6) is 17.2 Å². The number of carbonyl (C=O) groups excluding carboxylic acids is 2. The average molecular weight is 589 g/mol. The van der Waals surface area contributed by atoms with E-state index in [1.54, 1.807) is 68.7 Å². The van der Waals surface area contributed by atoms with Crippen molar-refractivity contribution < 1.29 is 23.8 Å². The van der Waals surface area contributed by atoms with Crippen LogP contribution in [0.4, 0.5) is 11.4 Å². The topological polar surface area (TPSA) is 89.5 Å². The van der Waals surface area contributed by atoms with Crippen molar-refractivity contribution in [2.24, 2.45) is 4.99 Å². The SMILES string of the molecule is COc1ccc(N=C2S[C@@H](C(=O)Nc3ccc(Cl)c(Cl)c3)CC(=O)N2CCc2ccc(OC)c(OC)c2)cc1. The van der Waals surface area contributed by atoms with Crippen LogP contribution >= 0.6 is 35.0 Å². The molecule has 3 aromatic rings. The largest absolute Gasteiger partial charge is 0.497 e. The molecule has 0 aromatic heterocycles. The molecule has 0 aliphatic carbocycles. The lowest BCUT2D eigenvalue weighted by molar-refractivity contribution is -0.129. The highest BCUT2D eigenvalue weighted by Crippen LogP contribution is 2.32. The molecule has 1 atom stereocenters. The molecule has 1 aliphatic rings. The number of carbonyl (C=O) groups is 2. The van der Waals surface area contributed by atoms with Crippen LogP contribution in [0.25, 0.3) is 0 Å². The second-order valence-electron chi connectivity index (χ2n) is 8.51. The molecule has 39 heavy (non-hydrogen) atoms. The number of benzene rings is 3. The number of hydrogen-bond acceptors (Lipinski definition) is 7. The third kappa shape index (κ3) is 7.17. The molecular weight excluding hydrogens is 561 g/mol. The number of ether oxygens (including phenoxy) is 3. The predicted molar refractivity (Wildman–Crippen MR) is 156 cm³/mol. The van der Waals surface area contributed by atoms with Crippen LogP contribution in [-0.2, 0) is 16.0 Å². The fourth-order valence-corrected chi connectivity index (χ4v) is 5.33. The van der Waals surface area contributed by atoms with Gasteiger partial charge in [0.15, 0.2) is 16.7 Å². The van der Waals surface area contributed by atoms with E-state index in [1.165, 1.54) is 11.8 Å². The van der Waals surface area contributed by atoms with Gasteiger partial charge >= 0.3 is 0 Å². The first-order chi connectivity index (χ1) is 18.8. The Bertz CT molecular complexity index is 1380. The van der Waals surface area contributed by atoms with E-state index < -0.39 is 5.25 Å². The molecule has 0 spiro atoms. The maximum atomic E-state index is 13.4. The Morgan fingerprint density at radius 2 is 1.72 bits per heavy atom. The lowest BCUT2D eigenvalue weighted by Crippen LogP contribution is -2.46. The van der Waals surface area contributed by atoms with Gasteiger partial charge in [-0.05, 0) is 66.6 Å². The minimum absolute atomic E-state index is 0.0192. The first kappa shape index (κ1) is 28.6. The predicted octanol–water partition coefficient (Wildman–Crippen LogP) is 6.22. The molecule has 0 bridgehead atoms. The van der Waals surface area contributed by atoms with Crippen molar-refractivity contribution in [1.82, 2.24) is 4.90 Å². The smallest absolute Gasteiger partial charge is 0.238 e. The van der Waals surface area contributed by atoms with Crippen LogP contribution in [0.3, 0.4) is 0 Å². The van der Waals surface area contributed by atoms with Crippen molar-refractivity contribution in [3.05, 3.63) is 76.3 Å². The van der Waals surface area contributed by atoms with Crippen molar-refractivity contribution in [2.45, 2.75) is 18.1 Å². The first-order valence-electron chi connectivity index (χ1n) is 12.0. The Labute approximate surface area is 241 Å². The number of nitrogens with zero attached hydrogens (tertiary/aromatic N) is 2. The molecule has 3 aromatic carbocycles. The van der Waals surface area contributed by atoms with Crippen LogP contribution in [0.1, 0.15) is 12.0 Å². The summed E-state index contributed by atoms with van der Waals surface area (Å²) in [7, 11) is 4.75. The molecule has 204 valence electrons. The Morgan fingerprint density at radius 3 is 2.38 bits per heavy atom. The Kier molecular flexibility index (Phi) is 9.61. The zero-order chi connectivity index (χ0) is 27.9. The van der Waals surface area contributed by atoms with E-state index in [4.69, 9.17) is 42.4 Å².